The summed E-state index contributed by atoms with van der Waals surface area (Å²) in [5.41, 5.74) is 5.86. The molecule has 50 heavy (non-hydrogen) atoms. The van der Waals surface area contributed by atoms with Crippen molar-refractivity contribution in [2.45, 2.75) is 57.0 Å². The Bertz CT molecular complexity index is 2380. The Kier molecular flexibility index (Phi) is 7.13. The van der Waals surface area contributed by atoms with Crippen molar-refractivity contribution >= 4 is 33.1 Å². The van der Waals surface area contributed by atoms with Crippen molar-refractivity contribution in [1.82, 2.24) is 25.1 Å². The predicted molar refractivity (Wildman–Crippen MR) is 188 cm³/mol. The third-order valence-electron chi connectivity index (χ3n) is 10.5. The van der Waals surface area contributed by atoms with Gasteiger partial charge in [0.1, 0.15) is 17.4 Å². The van der Waals surface area contributed by atoms with Crippen LogP contribution in [0.25, 0.3) is 32.0 Å². The van der Waals surface area contributed by atoms with Crippen LogP contribution in [0, 0.1) is 5.82 Å². The number of hydrogen-bond acceptors (Lipinski definition) is 9. The first-order chi connectivity index (χ1) is 24.3. The minimum atomic E-state index is -0.699. The van der Waals surface area contributed by atoms with E-state index in [2.05, 4.69) is 34.6 Å². The number of ether oxygens (including phenoxy) is 1. The molecular formula is C38H33FN6O4S. The number of carbonyl (C=O) groups excluding carboxylic acids is 1. The molecule has 2 aromatic carbocycles. The maximum Gasteiger partial charge on any atom is 0.434 e. The third-order valence-corrected chi connectivity index (χ3v) is 11.7. The molecule has 2 atom stereocenters. The number of thiophene rings is 1. The standard InChI is InChI=1S/C38H33FN6O4S/c1-38-16-4-18-45(38)36(46)31-30(29(35-43-44-37(47)49-35)26(41-33(31)38)13-9-20-7-10-22(39)11-8-20)28-19-21-15-17-40-34(32(21)50-28)42-25-14-12-24-23(25)5-3-6-27(24)48-2/h3,5-8,10-11,15,17,19,25H,4,9,12-14,16,18H2,1-2H3,(H,40,42)(H,44,47)/t25-,38-/m1/s1. The van der Waals surface area contributed by atoms with Crippen LogP contribution >= 0.6 is 11.3 Å². The van der Waals surface area contributed by atoms with Gasteiger partial charge in [-0.2, -0.15) is 0 Å². The third kappa shape index (κ3) is 4.76. The van der Waals surface area contributed by atoms with Crippen LogP contribution in [-0.2, 0) is 24.8 Å². The smallest absolute Gasteiger partial charge is 0.434 e. The second kappa shape index (κ2) is 11.6. The molecule has 12 heteroatoms. The van der Waals surface area contributed by atoms with Crippen LogP contribution in [0.5, 0.6) is 5.75 Å². The normalized spacial score (nSPS) is 19.2. The van der Waals surface area contributed by atoms with Gasteiger partial charge >= 0.3 is 5.76 Å². The molecule has 252 valence electrons. The largest absolute Gasteiger partial charge is 0.496 e. The summed E-state index contributed by atoms with van der Waals surface area (Å²) in [5, 5.41) is 11.4. The summed E-state index contributed by atoms with van der Waals surface area (Å²) in [5.74, 6) is 0.642. The number of carbonyl (C=O) groups is 1. The fourth-order valence-electron chi connectivity index (χ4n) is 8.13. The van der Waals surface area contributed by atoms with E-state index in [1.165, 1.54) is 34.6 Å². The molecule has 4 aromatic heterocycles. The zero-order valence-corrected chi connectivity index (χ0v) is 28.3. The van der Waals surface area contributed by atoms with E-state index in [9.17, 15) is 14.0 Å². The Labute approximate surface area is 290 Å². The summed E-state index contributed by atoms with van der Waals surface area (Å²) in [6, 6.07) is 16.7. The number of methoxy groups -OCH3 is 1. The number of nitrogens with zero attached hydrogens (tertiary/aromatic N) is 4. The van der Waals surface area contributed by atoms with Crippen molar-refractivity contribution in [3.63, 3.8) is 0 Å². The molecule has 10 nitrogen and oxygen atoms in total. The van der Waals surface area contributed by atoms with Gasteiger partial charge in [0.2, 0.25) is 0 Å². The molecular weight excluding hydrogens is 656 g/mol. The molecule has 1 saturated heterocycles. The second-order valence-corrected chi connectivity index (χ2v) is 14.4. The van der Waals surface area contributed by atoms with Crippen LogP contribution in [0.2, 0.25) is 0 Å². The summed E-state index contributed by atoms with van der Waals surface area (Å²) in [6.07, 6.45) is 6.30. The van der Waals surface area contributed by atoms with E-state index in [0.717, 1.165) is 63.5 Å². The molecule has 0 unspecified atom stereocenters. The van der Waals surface area contributed by atoms with Crippen molar-refractivity contribution < 1.29 is 18.3 Å². The minimum absolute atomic E-state index is 0.0644. The number of aromatic amines is 1. The Morgan fingerprint density at radius 3 is 2.78 bits per heavy atom. The quantitative estimate of drug-likeness (QED) is 0.172. The zero-order chi connectivity index (χ0) is 34.1. The van der Waals surface area contributed by atoms with Crippen LogP contribution in [0.4, 0.5) is 10.2 Å². The maximum absolute atomic E-state index is 14.4. The molecule has 3 aliphatic rings. The maximum atomic E-state index is 14.4. The SMILES string of the molecule is COc1cccc2c1CC[C@H]2Nc1nccc2cc(-c3c4c(nc(CCc5ccc(F)cc5)c3-c3n[nH]c(=O)o3)[C@@]3(C)CCCN3C4=O)sc12. The van der Waals surface area contributed by atoms with Crippen LogP contribution in [0.15, 0.2) is 70.0 Å². The van der Waals surface area contributed by atoms with Gasteiger partial charge in [0.15, 0.2) is 0 Å². The lowest BCUT2D eigenvalue weighted by Crippen LogP contribution is -2.35. The van der Waals surface area contributed by atoms with Crippen molar-refractivity contribution in [2.24, 2.45) is 0 Å². The first-order valence-electron chi connectivity index (χ1n) is 16.8. The average molecular weight is 689 g/mol. The van der Waals surface area contributed by atoms with Crippen LogP contribution in [0.3, 0.4) is 0 Å². The van der Waals surface area contributed by atoms with E-state index in [4.69, 9.17) is 19.1 Å². The molecule has 6 aromatic rings. The monoisotopic (exact) mass is 688 g/mol. The molecule has 0 spiro atoms. The summed E-state index contributed by atoms with van der Waals surface area (Å²) in [6.45, 7) is 2.73. The molecule has 9 rings (SSSR count). The molecule has 1 fully saturated rings. The number of anilines is 1. The fraction of sp³-hybridized carbons (Fsp3) is 0.289. The van der Waals surface area contributed by atoms with Crippen molar-refractivity contribution in [1.29, 1.82) is 0 Å². The lowest BCUT2D eigenvalue weighted by molar-refractivity contribution is 0.0684. The topological polar surface area (TPSA) is 126 Å². The second-order valence-electron chi connectivity index (χ2n) is 13.4. The van der Waals surface area contributed by atoms with Crippen molar-refractivity contribution in [3.05, 3.63) is 111 Å². The van der Waals surface area contributed by atoms with Crippen molar-refractivity contribution in [2.75, 3.05) is 19.0 Å². The number of aryl methyl sites for hydroxylation is 2. The predicted octanol–water partition coefficient (Wildman–Crippen LogP) is 7.20. The van der Waals surface area contributed by atoms with E-state index in [1.54, 1.807) is 25.4 Å². The van der Waals surface area contributed by atoms with Crippen LogP contribution < -0.4 is 15.8 Å². The summed E-state index contributed by atoms with van der Waals surface area (Å²) in [4.78, 5) is 39.5. The number of hydrogen-bond donors (Lipinski definition) is 2. The van der Waals surface area contributed by atoms with Gasteiger partial charge in [-0.1, -0.05) is 24.3 Å². The van der Waals surface area contributed by atoms with Crippen molar-refractivity contribution in [3.8, 4) is 27.6 Å². The Morgan fingerprint density at radius 1 is 1.12 bits per heavy atom. The van der Waals surface area contributed by atoms with Gasteiger partial charge in [-0.15, -0.1) is 16.4 Å². The average Bonchev–Trinajstić information content (AvgIpc) is 3.95. The summed E-state index contributed by atoms with van der Waals surface area (Å²) in [7, 11) is 1.70. The number of H-pyrrole nitrogens is 1. The number of pyridine rings is 2. The molecule has 0 saturated carbocycles. The van der Waals surface area contributed by atoms with E-state index >= 15 is 0 Å². The highest BCUT2D eigenvalue weighted by atomic mass is 32.1. The number of amides is 1. The lowest BCUT2D eigenvalue weighted by Gasteiger charge is -2.27. The highest BCUT2D eigenvalue weighted by Crippen LogP contribution is 2.53. The molecule has 1 aliphatic carbocycles. The Morgan fingerprint density at radius 2 is 1.98 bits per heavy atom. The first kappa shape index (κ1) is 30.7. The Hall–Kier alpha value is -5.36. The zero-order valence-electron chi connectivity index (χ0n) is 27.5. The van der Waals surface area contributed by atoms with Gasteiger partial charge in [0.25, 0.3) is 11.8 Å². The number of halogens is 1. The molecule has 6 heterocycles. The number of benzene rings is 2. The molecule has 2 N–H and O–H groups in total. The van der Waals surface area contributed by atoms with Gasteiger partial charge in [0.05, 0.1) is 45.9 Å². The summed E-state index contributed by atoms with van der Waals surface area (Å²) >= 11 is 1.54. The van der Waals surface area contributed by atoms with Gasteiger partial charge in [0, 0.05) is 23.2 Å². The van der Waals surface area contributed by atoms with E-state index in [0.29, 0.717) is 41.8 Å². The fourth-order valence-corrected chi connectivity index (χ4v) is 9.29. The molecule has 2 aliphatic heterocycles. The molecule has 0 bridgehead atoms. The molecule has 0 radical (unpaired) electrons. The molecule has 1 amide bonds. The highest BCUT2D eigenvalue weighted by molar-refractivity contribution is 7.23. The van der Waals surface area contributed by atoms with Crippen LogP contribution in [0.1, 0.15) is 70.7 Å². The van der Waals surface area contributed by atoms with E-state index in [1.807, 2.05) is 23.1 Å². The minimum Gasteiger partial charge on any atom is -0.496 e. The van der Waals surface area contributed by atoms with E-state index in [-0.39, 0.29) is 23.7 Å². The number of rotatable bonds is 8. The number of fused-ring (bicyclic) bond motifs is 5. The van der Waals surface area contributed by atoms with E-state index < -0.39 is 11.3 Å². The van der Waals surface area contributed by atoms with Gasteiger partial charge < -0.3 is 19.4 Å². The Balaban J connectivity index is 1.22. The lowest BCUT2D eigenvalue weighted by atomic mass is 9.88. The van der Waals surface area contributed by atoms with Gasteiger partial charge in [-0.3, -0.25) is 9.78 Å². The number of nitrogens with one attached hydrogen (secondary N) is 2. The highest BCUT2D eigenvalue weighted by Gasteiger charge is 2.52. The van der Waals surface area contributed by atoms with Gasteiger partial charge in [-0.25, -0.2) is 19.3 Å². The van der Waals surface area contributed by atoms with Gasteiger partial charge in [-0.05, 0) is 97.9 Å². The summed E-state index contributed by atoms with van der Waals surface area (Å²) < 4.78 is 26.0. The van der Waals surface area contributed by atoms with Crippen LogP contribution in [-0.4, -0.2) is 44.6 Å². The first-order valence-corrected chi connectivity index (χ1v) is 17.6. The number of aromatic nitrogens is 4.